The Bertz CT molecular complexity index is 2830. The van der Waals surface area contributed by atoms with Gasteiger partial charge in [-0.2, -0.15) is 0 Å². The van der Waals surface area contributed by atoms with Crippen LogP contribution in [0.4, 0.5) is 0 Å². The fraction of sp³-hybridized carbons (Fsp3) is 0. The van der Waals surface area contributed by atoms with Crippen molar-refractivity contribution in [2.75, 3.05) is 0 Å². The Labute approximate surface area is 296 Å². The van der Waals surface area contributed by atoms with E-state index in [-0.39, 0.29) is 0 Å². The first-order chi connectivity index (χ1) is 25.3. The van der Waals surface area contributed by atoms with Gasteiger partial charge in [0.1, 0.15) is 11.4 Å². The van der Waals surface area contributed by atoms with Crippen LogP contribution in [0, 0.1) is 0 Å². The van der Waals surface area contributed by atoms with Gasteiger partial charge in [-0.25, -0.2) is 19.9 Å². The van der Waals surface area contributed by atoms with Crippen molar-refractivity contribution < 1.29 is 0 Å². The molecule has 6 nitrogen and oxygen atoms in total. The zero-order valence-corrected chi connectivity index (χ0v) is 27.9. The van der Waals surface area contributed by atoms with Gasteiger partial charge in [-0.05, 0) is 47.5 Å². The summed E-state index contributed by atoms with van der Waals surface area (Å²) in [5, 5.41) is 6.21. The second-order valence-electron chi connectivity index (χ2n) is 12.3. The van der Waals surface area contributed by atoms with Crippen molar-refractivity contribution >= 4 is 53.2 Å². The van der Waals surface area contributed by atoms with Crippen LogP contribution in [-0.4, -0.2) is 29.9 Å². The largest absolute Gasteiger partial charge is 0.253 e. The van der Waals surface area contributed by atoms with E-state index in [1.807, 2.05) is 47.7 Å². The summed E-state index contributed by atoms with van der Waals surface area (Å²) >= 11 is 1.86. The molecule has 0 saturated carbocycles. The first-order valence-electron chi connectivity index (χ1n) is 16.7. The lowest BCUT2D eigenvalue weighted by Crippen LogP contribution is -2.01. The van der Waals surface area contributed by atoms with Crippen molar-refractivity contribution in [3.05, 3.63) is 158 Å². The topological polar surface area (TPSA) is 77.3 Å². The predicted molar refractivity (Wildman–Crippen MR) is 208 cm³/mol. The van der Waals surface area contributed by atoms with Crippen LogP contribution in [0.1, 0.15) is 0 Å². The van der Waals surface area contributed by atoms with Crippen molar-refractivity contribution in [2.45, 2.75) is 0 Å². The minimum Gasteiger partial charge on any atom is -0.253 e. The number of pyridine rings is 3. The van der Waals surface area contributed by atoms with Crippen LogP contribution in [0.15, 0.2) is 158 Å². The quantitative estimate of drug-likeness (QED) is 0.170. The van der Waals surface area contributed by atoms with E-state index in [2.05, 4.69) is 119 Å². The monoisotopic (exact) mass is 670 g/mol. The van der Waals surface area contributed by atoms with E-state index >= 15 is 0 Å². The molecule has 0 bridgehead atoms. The highest BCUT2D eigenvalue weighted by atomic mass is 32.1. The Kier molecular flexibility index (Phi) is 6.89. The number of rotatable bonds is 5. The number of hydrogen-bond acceptors (Lipinski definition) is 7. The molecule has 5 heterocycles. The van der Waals surface area contributed by atoms with Gasteiger partial charge in [-0.1, -0.05) is 109 Å². The van der Waals surface area contributed by atoms with Crippen molar-refractivity contribution in [1.29, 1.82) is 0 Å². The van der Waals surface area contributed by atoms with Gasteiger partial charge in [0, 0.05) is 59.9 Å². The van der Waals surface area contributed by atoms with Crippen LogP contribution in [0.2, 0.25) is 0 Å². The third-order valence-electron chi connectivity index (χ3n) is 9.27. The summed E-state index contributed by atoms with van der Waals surface area (Å²) in [6, 6.07) is 50.1. The Hall–Kier alpha value is -6.70. The standard InChI is InChI=1S/C44H26N6S/c1-3-11-35-33(10-1)39-34(24-23-32-31-9-2-4-14-38(31)51-41(32)39)40(47-35)29-19-15-27(16-20-29)28-17-21-30(22-18-28)42-48-43(36-12-5-7-25-45-36)50-44(49-42)37-13-6-8-26-46-37/h1-26H. The molecule has 7 heteroatoms. The molecule has 0 unspecified atom stereocenters. The van der Waals surface area contributed by atoms with Crippen molar-refractivity contribution in [1.82, 2.24) is 29.9 Å². The summed E-state index contributed by atoms with van der Waals surface area (Å²) in [5.41, 5.74) is 7.52. The lowest BCUT2D eigenvalue weighted by atomic mass is 9.96. The number of fused-ring (bicyclic) bond motifs is 7. The molecule has 0 atom stereocenters. The third-order valence-corrected chi connectivity index (χ3v) is 10.5. The van der Waals surface area contributed by atoms with E-state index in [1.54, 1.807) is 12.4 Å². The molecule has 0 saturated heterocycles. The molecule has 0 aliphatic carbocycles. The second kappa shape index (κ2) is 12.0. The number of thiophene rings is 1. The summed E-state index contributed by atoms with van der Waals surface area (Å²) in [6.45, 7) is 0. The molecule has 0 spiro atoms. The summed E-state index contributed by atoms with van der Waals surface area (Å²) < 4.78 is 2.61. The van der Waals surface area contributed by atoms with Gasteiger partial charge >= 0.3 is 0 Å². The molecular formula is C44H26N6S. The smallest absolute Gasteiger partial charge is 0.182 e. The fourth-order valence-electron chi connectivity index (χ4n) is 6.79. The summed E-state index contributed by atoms with van der Waals surface area (Å²) in [6.07, 6.45) is 3.48. The Morgan fingerprint density at radius 2 is 0.922 bits per heavy atom. The van der Waals surface area contributed by atoms with Crippen LogP contribution in [0.25, 0.3) is 98.7 Å². The lowest BCUT2D eigenvalue weighted by molar-refractivity contribution is 1.05. The van der Waals surface area contributed by atoms with E-state index in [9.17, 15) is 0 Å². The number of para-hydroxylation sites is 1. The van der Waals surface area contributed by atoms with Gasteiger partial charge in [0.05, 0.1) is 11.2 Å². The first kappa shape index (κ1) is 29.2. The summed E-state index contributed by atoms with van der Waals surface area (Å²) in [4.78, 5) is 28.5. The zero-order chi connectivity index (χ0) is 33.7. The number of benzene rings is 5. The van der Waals surface area contributed by atoms with Crippen LogP contribution in [-0.2, 0) is 0 Å². The predicted octanol–water partition coefficient (Wildman–Crippen LogP) is 11.1. The second-order valence-corrected chi connectivity index (χ2v) is 13.4. The normalized spacial score (nSPS) is 11.5. The first-order valence-corrected chi connectivity index (χ1v) is 17.5. The maximum absolute atomic E-state index is 5.22. The molecule has 0 amide bonds. The summed E-state index contributed by atoms with van der Waals surface area (Å²) in [7, 11) is 0. The van der Waals surface area contributed by atoms with Crippen LogP contribution >= 0.6 is 11.3 Å². The van der Waals surface area contributed by atoms with Gasteiger partial charge in [0.2, 0.25) is 0 Å². The molecule has 0 N–H and O–H groups in total. The molecule has 51 heavy (non-hydrogen) atoms. The average molecular weight is 671 g/mol. The van der Waals surface area contributed by atoms with Crippen molar-refractivity contribution in [3.8, 4) is 56.8 Å². The fourth-order valence-corrected chi connectivity index (χ4v) is 8.06. The molecule has 0 fully saturated rings. The maximum atomic E-state index is 5.22. The van der Waals surface area contributed by atoms with Gasteiger partial charge in [-0.15, -0.1) is 11.3 Å². The highest BCUT2D eigenvalue weighted by Gasteiger charge is 2.17. The van der Waals surface area contributed by atoms with Gasteiger partial charge in [0.25, 0.3) is 0 Å². The van der Waals surface area contributed by atoms with Gasteiger partial charge in [-0.3, -0.25) is 9.97 Å². The molecule has 0 radical (unpaired) electrons. The van der Waals surface area contributed by atoms with Crippen LogP contribution in [0.5, 0.6) is 0 Å². The van der Waals surface area contributed by atoms with Crippen LogP contribution < -0.4 is 0 Å². The van der Waals surface area contributed by atoms with Gasteiger partial charge in [0.15, 0.2) is 17.5 Å². The van der Waals surface area contributed by atoms with Crippen LogP contribution in [0.3, 0.4) is 0 Å². The molecule has 10 rings (SSSR count). The average Bonchev–Trinajstić information content (AvgIpc) is 3.60. The highest BCUT2D eigenvalue weighted by Crippen LogP contribution is 2.43. The molecule has 238 valence electrons. The zero-order valence-electron chi connectivity index (χ0n) is 27.1. The Balaban J connectivity index is 1.03. The van der Waals surface area contributed by atoms with E-state index in [0.717, 1.165) is 38.9 Å². The third kappa shape index (κ3) is 5.10. The molecule has 5 aromatic heterocycles. The SMILES string of the molecule is c1ccc(-c2nc(-c3ccc(-c4ccc(-c5nc6ccccc6c6c5ccc5c7ccccc7sc56)cc4)cc3)nc(-c3ccccn3)n2)nc1. The minimum absolute atomic E-state index is 0.504. The minimum atomic E-state index is 0.504. The van der Waals surface area contributed by atoms with E-state index in [1.165, 1.54) is 30.9 Å². The lowest BCUT2D eigenvalue weighted by Gasteiger charge is -2.12. The van der Waals surface area contributed by atoms with Crippen molar-refractivity contribution in [3.63, 3.8) is 0 Å². The maximum Gasteiger partial charge on any atom is 0.182 e. The molecule has 0 aliphatic rings. The number of aromatic nitrogens is 6. The number of nitrogens with zero attached hydrogens (tertiary/aromatic N) is 6. The molecule has 5 aromatic carbocycles. The molecule has 10 aromatic rings. The number of hydrogen-bond donors (Lipinski definition) is 0. The van der Waals surface area contributed by atoms with E-state index in [0.29, 0.717) is 28.9 Å². The van der Waals surface area contributed by atoms with E-state index < -0.39 is 0 Å². The van der Waals surface area contributed by atoms with Crippen molar-refractivity contribution in [2.24, 2.45) is 0 Å². The Morgan fingerprint density at radius 1 is 0.373 bits per heavy atom. The molecular weight excluding hydrogens is 645 g/mol. The van der Waals surface area contributed by atoms with E-state index in [4.69, 9.17) is 19.9 Å². The Morgan fingerprint density at radius 3 is 1.59 bits per heavy atom. The van der Waals surface area contributed by atoms with Gasteiger partial charge < -0.3 is 0 Å². The summed E-state index contributed by atoms with van der Waals surface area (Å²) in [5.74, 6) is 1.57. The highest BCUT2D eigenvalue weighted by molar-refractivity contribution is 7.26. The molecule has 0 aliphatic heterocycles.